The second-order valence-corrected chi connectivity index (χ2v) is 4.15. The molecule has 4 nitrogen and oxygen atoms in total. The summed E-state index contributed by atoms with van der Waals surface area (Å²) in [6.45, 7) is 5.33. The van der Waals surface area contributed by atoms with E-state index >= 15 is 0 Å². The van der Waals surface area contributed by atoms with Crippen LogP contribution in [0.15, 0.2) is 0 Å². The Morgan fingerprint density at radius 3 is 2.71 bits per heavy atom. The summed E-state index contributed by atoms with van der Waals surface area (Å²) in [4.78, 5) is 0. The van der Waals surface area contributed by atoms with Gasteiger partial charge in [0, 0.05) is 39.0 Å². The van der Waals surface area contributed by atoms with Gasteiger partial charge in [0.2, 0.25) is 0 Å². The first-order chi connectivity index (χ1) is 6.66. The molecule has 0 aromatic heterocycles. The molecular formula is C10H22N2O2. The monoisotopic (exact) mass is 202 g/mol. The lowest BCUT2D eigenvalue weighted by molar-refractivity contribution is 0.0508. The van der Waals surface area contributed by atoms with Crippen molar-refractivity contribution in [2.75, 3.05) is 33.4 Å². The molecular weight excluding hydrogens is 180 g/mol. The molecule has 14 heavy (non-hydrogen) atoms. The van der Waals surface area contributed by atoms with Gasteiger partial charge in [0.25, 0.3) is 0 Å². The maximum atomic E-state index is 6.20. The molecule has 0 aromatic carbocycles. The zero-order chi connectivity index (χ0) is 10.4. The molecule has 1 unspecified atom stereocenters. The van der Waals surface area contributed by atoms with Crippen molar-refractivity contribution in [1.82, 2.24) is 5.32 Å². The summed E-state index contributed by atoms with van der Waals surface area (Å²) in [5.74, 6) is 0. The Labute approximate surface area is 86.1 Å². The van der Waals surface area contributed by atoms with Crippen molar-refractivity contribution in [3.05, 3.63) is 0 Å². The zero-order valence-corrected chi connectivity index (χ0v) is 9.21. The minimum Gasteiger partial charge on any atom is -0.381 e. The summed E-state index contributed by atoms with van der Waals surface area (Å²) < 4.78 is 10.4. The highest BCUT2D eigenvalue weighted by atomic mass is 16.5. The highest BCUT2D eigenvalue weighted by molar-refractivity contribution is 4.88. The van der Waals surface area contributed by atoms with E-state index in [0.29, 0.717) is 0 Å². The van der Waals surface area contributed by atoms with Crippen molar-refractivity contribution >= 4 is 0 Å². The number of hydrogen-bond acceptors (Lipinski definition) is 4. The van der Waals surface area contributed by atoms with Crippen LogP contribution in [-0.4, -0.2) is 45.1 Å². The van der Waals surface area contributed by atoms with Crippen molar-refractivity contribution in [2.24, 2.45) is 5.73 Å². The van der Waals surface area contributed by atoms with Crippen molar-refractivity contribution in [1.29, 1.82) is 0 Å². The Morgan fingerprint density at radius 2 is 2.14 bits per heavy atom. The van der Waals surface area contributed by atoms with Gasteiger partial charge >= 0.3 is 0 Å². The summed E-state index contributed by atoms with van der Waals surface area (Å²) in [5, 5.41) is 3.34. The van der Waals surface area contributed by atoms with Crippen LogP contribution in [0.3, 0.4) is 0 Å². The number of hydrogen-bond donors (Lipinski definition) is 2. The number of nitrogens with two attached hydrogens (primary N) is 1. The number of methoxy groups -OCH3 is 1. The minimum atomic E-state index is -0.0777. The molecule has 0 aliphatic carbocycles. The van der Waals surface area contributed by atoms with Crippen LogP contribution in [0.5, 0.6) is 0 Å². The first-order valence-corrected chi connectivity index (χ1v) is 5.26. The normalized spacial score (nSPS) is 23.4. The fourth-order valence-corrected chi connectivity index (χ4v) is 1.56. The van der Waals surface area contributed by atoms with Gasteiger partial charge in [0.05, 0.1) is 6.10 Å². The van der Waals surface area contributed by atoms with Crippen molar-refractivity contribution in [2.45, 2.75) is 31.4 Å². The van der Waals surface area contributed by atoms with E-state index in [1.54, 1.807) is 7.11 Å². The minimum absolute atomic E-state index is 0.0777. The second-order valence-electron chi connectivity index (χ2n) is 4.15. The molecule has 0 amide bonds. The highest BCUT2D eigenvalue weighted by Gasteiger charge is 2.27. The van der Waals surface area contributed by atoms with Crippen LogP contribution in [0.4, 0.5) is 0 Å². The van der Waals surface area contributed by atoms with E-state index < -0.39 is 0 Å². The third kappa shape index (κ3) is 3.92. The third-order valence-electron chi connectivity index (χ3n) is 2.80. The van der Waals surface area contributed by atoms with Gasteiger partial charge in [-0.05, 0) is 19.8 Å². The summed E-state index contributed by atoms with van der Waals surface area (Å²) in [6, 6.07) is 0. The third-order valence-corrected chi connectivity index (χ3v) is 2.80. The zero-order valence-electron chi connectivity index (χ0n) is 9.21. The first kappa shape index (κ1) is 11.9. The molecule has 0 bridgehead atoms. The van der Waals surface area contributed by atoms with Gasteiger partial charge in [0.1, 0.15) is 0 Å². The molecule has 4 heteroatoms. The Bertz CT molecular complexity index is 158. The predicted molar refractivity (Wildman–Crippen MR) is 56.3 cm³/mol. The SMILES string of the molecule is COC(C)CNCC1(N)CCOCC1. The largest absolute Gasteiger partial charge is 0.381 e. The van der Waals surface area contributed by atoms with Crippen LogP contribution in [-0.2, 0) is 9.47 Å². The molecule has 1 aliphatic heterocycles. The summed E-state index contributed by atoms with van der Waals surface area (Å²) in [7, 11) is 1.72. The lowest BCUT2D eigenvalue weighted by Gasteiger charge is -2.33. The number of rotatable bonds is 5. The van der Waals surface area contributed by atoms with Gasteiger partial charge < -0.3 is 20.5 Å². The van der Waals surface area contributed by atoms with E-state index in [-0.39, 0.29) is 11.6 Å². The Hall–Kier alpha value is -0.160. The van der Waals surface area contributed by atoms with E-state index in [2.05, 4.69) is 5.32 Å². The van der Waals surface area contributed by atoms with Crippen LogP contribution < -0.4 is 11.1 Å². The molecule has 84 valence electrons. The Morgan fingerprint density at radius 1 is 1.50 bits per heavy atom. The fourth-order valence-electron chi connectivity index (χ4n) is 1.56. The average Bonchev–Trinajstić information content (AvgIpc) is 2.18. The van der Waals surface area contributed by atoms with Crippen LogP contribution in [0.2, 0.25) is 0 Å². The maximum absolute atomic E-state index is 6.20. The first-order valence-electron chi connectivity index (χ1n) is 5.26. The van der Waals surface area contributed by atoms with Gasteiger partial charge in [-0.1, -0.05) is 0 Å². The molecule has 0 saturated carbocycles. The average molecular weight is 202 g/mol. The topological polar surface area (TPSA) is 56.5 Å². The smallest absolute Gasteiger partial charge is 0.0667 e. The van der Waals surface area contributed by atoms with Crippen LogP contribution in [0.1, 0.15) is 19.8 Å². The van der Waals surface area contributed by atoms with Crippen LogP contribution in [0.25, 0.3) is 0 Å². The fraction of sp³-hybridized carbons (Fsp3) is 1.00. The second kappa shape index (κ2) is 5.66. The molecule has 0 aromatic rings. The Balaban J connectivity index is 2.15. The maximum Gasteiger partial charge on any atom is 0.0667 e. The lowest BCUT2D eigenvalue weighted by Crippen LogP contribution is -2.53. The Kier molecular flexibility index (Phi) is 4.81. The lowest BCUT2D eigenvalue weighted by atomic mass is 9.91. The van der Waals surface area contributed by atoms with Crippen molar-refractivity contribution in [3.63, 3.8) is 0 Å². The van der Waals surface area contributed by atoms with Crippen LogP contribution in [0, 0.1) is 0 Å². The van der Waals surface area contributed by atoms with Gasteiger partial charge in [0.15, 0.2) is 0 Å². The quantitative estimate of drug-likeness (QED) is 0.665. The molecule has 0 radical (unpaired) electrons. The summed E-state index contributed by atoms with van der Waals surface area (Å²) in [5.41, 5.74) is 6.13. The van der Waals surface area contributed by atoms with Gasteiger partial charge in [-0.3, -0.25) is 0 Å². The van der Waals surface area contributed by atoms with Gasteiger partial charge in [-0.2, -0.15) is 0 Å². The molecule has 1 saturated heterocycles. The molecule has 1 fully saturated rings. The highest BCUT2D eigenvalue weighted by Crippen LogP contribution is 2.16. The standard InChI is InChI=1S/C10H22N2O2/c1-9(13-2)7-12-8-10(11)3-5-14-6-4-10/h9,12H,3-8,11H2,1-2H3. The molecule has 1 heterocycles. The van der Waals surface area contributed by atoms with E-state index in [0.717, 1.165) is 39.1 Å². The van der Waals surface area contributed by atoms with E-state index in [1.165, 1.54) is 0 Å². The summed E-state index contributed by atoms with van der Waals surface area (Å²) >= 11 is 0. The van der Waals surface area contributed by atoms with E-state index in [9.17, 15) is 0 Å². The van der Waals surface area contributed by atoms with Gasteiger partial charge in [-0.15, -0.1) is 0 Å². The predicted octanol–water partition coefficient (Wildman–Crippen LogP) is 0.119. The molecule has 1 rings (SSSR count). The molecule has 3 N–H and O–H groups in total. The van der Waals surface area contributed by atoms with Crippen molar-refractivity contribution < 1.29 is 9.47 Å². The van der Waals surface area contributed by atoms with E-state index in [4.69, 9.17) is 15.2 Å². The van der Waals surface area contributed by atoms with Gasteiger partial charge in [-0.25, -0.2) is 0 Å². The molecule has 0 spiro atoms. The van der Waals surface area contributed by atoms with Crippen LogP contribution >= 0.6 is 0 Å². The molecule has 1 atom stereocenters. The van der Waals surface area contributed by atoms with E-state index in [1.807, 2.05) is 6.92 Å². The number of ether oxygens (including phenoxy) is 2. The molecule has 1 aliphatic rings. The van der Waals surface area contributed by atoms with Crippen molar-refractivity contribution in [3.8, 4) is 0 Å². The summed E-state index contributed by atoms with van der Waals surface area (Å²) in [6.07, 6.45) is 2.14. The number of nitrogens with one attached hydrogen (secondary N) is 1.